The van der Waals surface area contributed by atoms with Gasteiger partial charge in [-0.2, -0.15) is 0 Å². The summed E-state index contributed by atoms with van der Waals surface area (Å²) in [5.74, 6) is 5.53. The molecule has 2 unspecified atom stereocenters. The molecule has 0 spiro atoms. The highest BCUT2D eigenvalue weighted by Crippen LogP contribution is 2.30. The minimum Gasteiger partial charge on any atom is -0.396 e. The SMILES string of the molecule is NNc1cc(NC2CCCCC2CO)cc([N+](=O)[O-])c1. The van der Waals surface area contributed by atoms with E-state index >= 15 is 0 Å². The Balaban J connectivity index is 2.18. The number of nitro benzene ring substituents is 1. The first kappa shape index (κ1) is 14.5. The number of aliphatic hydroxyl groups is 1. The van der Waals surface area contributed by atoms with Gasteiger partial charge in [-0.1, -0.05) is 12.8 Å². The van der Waals surface area contributed by atoms with Crippen LogP contribution in [0.15, 0.2) is 18.2 Å². The summed E-state index contributed by atoms with van der Waals surface area (Å²) < 4.78 is 0. The van der Waals surface area contributed by atoms with E-state index in [1.165, 1.54) is 12.1 Å². The fourth-order valence-corrected chi connectivity index (χ4v) is 2.71. The van der Waals surface area contributed by atoms with E-state index in [0.29, 0.717) is 11.4 Å². The largest absolute Gasteiger partial charge is 0.396 e. The van der Waals surface area contributed by atoms with Crippen molar-refractivity contribution in [2.75, 3.05) is 17.3 Å². The van der Waals surface area contributed by atoms with Crippen LogP contribution in [0, 0.1) is 16.0 Å². The van der Waals surface area contributed by atoms with Gasteiger partial charge in [-0.3, -0.25) is 16.0 Å². The summed E-state index contributed by atoms with van der Waals surface area (Å²) in [5.41, 5.74) is 3.55. The third kappa shape index (κ3) is 3.37. The molecule has 1 aliphatic carbocycles. The maximum Gasteiger partial charge on any atom is 0.273 e. The van der Waals surface area contributed by atoms with Crippen LogP contribution in [0.2, 0.25) is 0 Å². The average molecular weight is 280 g/mol. The van der Waals surface area contributed by atoms with Crippen LogP contribution in [0.3, 0.4) is 0 Å². The van der Waals surface area contributed by atoms with Gasteiger partial charge in [0.1, 0.15) is 0 Å². The molecule has 20 heavy (non-hydrogen) atoms. The molecule has 2 rings (SSSR count). The molecule has 1 aromatic rings. The number of benzene rings is 1. The summed E-state index contributed by atoms with van der Waals surface area (Å²) >= 11 is 0. The molecule has 7 nitrogen and oxygen atoms in total. The number of nitro groups is 1. The molecule has 0 aliphatic heterocycles. The molecule has 7 heteroatoms. The number of hydrazine groups is 1. The first-order valence-electron chi connectivity index (χ1n) is 6.77. The second-order valence-corrected chi connectivity index (χ2v) is 5.15. The number of nitrogen functional groups attached to an aromatic ring is 1. The molecule has 1 fully saturated rings. The first-order chi connectivity index (χ1) is 9.63. The fraction of sp³-hybridized carbons (Fsp3) is 0.538. The monoisotopic (exact) mass is 280 g/mol. The Labute approximate surface area is 117 Å². The van der Waals surface area contributed by atoms with E-state index in [9.17, 15) is 15.2 Å². The van der Waals surface area contributed by atoms with Gasteiger partial charge in [0.25, 0.3) is 5.69 Å². The number of nitrogens with one attached hydrogen (secondary N) is 2. The number of rotatable bonds is 5. The number of nitrogens with zero attached hydrogens (tertiary/aromatic N) is 1. The second-order valence-electron chi connectivity index (χ2n) is 5.15. The lowest BCUT2D eigenvalue weighted by atomic mass is 9.85. The van der Waals surface area contributed by atoms with Crippen LogP contribution in [0.4, 0.5) is 17.1 Å². The van der Waals surface area contributed by atoms with Gasteiger partial charge in [0.2, 0.25) is 0 Å². The van der Waals surface area contributed by atoms with E-state index in [4.69, 9.17) is 5.84 Å². The van der Waals surface area contributed by atoms with Crippen molar-refractivity contribution in [1.29, 1.82) is 0 Å². The maximum atomic E-state index is 10.9. The quantitative estimate of drug-likeness (QED) is 0.372. The van der Waals surface area contributed by atoms with Gasteiger partial charge >= 0.3 is 0 Å². The van der Waals surface area contributed by atoms with Gasteiger partial charge in [-0.05, 0) is 18.9 Å². The Morgan fingerprint density at radius 1 is 1.30 bits per heavy atom. The molecule has 0 bridgehead atoms. The number of nitrogens with two attached hydrogens (primary N) is 1. The molecule has 0 saturated heterocycles. The molecule has 1 aromatic carbocycles. The zero-order valence-electron chi connectivity index (χ0n) is 11.2. The Morgan fingerprint density at radius 2 is 2.00 bits per heavy atom. The number of hydrogen-bond acceptors (Lipinski definition) is 6. The second kappa shape index (κ2) is 6.53. The van der Waals surface area contributed by atoms with Crippen LogP contribution in [0.5, 0.6) is 0 Å². The van der Waals surface area contributed by atoms with E-state index in [2.05, 4.69) is 10.7 Å². The molecule has 0 heterocycles. The van der Waals surface area contributed by atoms with Crippen molar-refractivity contribution in [2.45, 2.75) is 31.7 Å². The van der Waals surface area contributed by atoms with Crippen LogP contribution in [-0.4, -0.2) is 22.7 Å². The summed E-state index contributed by atoms with van der Waals surface area (Å²) in [6.45, 7) is 0.134. The lowest BCUT2D eigenvalue weighted by Gasteiger charge is -2.31. The van der Waals surface area contributed by atoms with E-state index in [0.717, 1.165) is 25.7 Å². The van der Waals surface area contributed by atoms with Gasteiger partial charge in [0, 0.05) is 36.4 Å². The molecular formula is C13H20N4O3. The van der Waals surface area contributed by atoms with E-state index < -0.39 is 4.92 Å². The lowest BCUT2D eigenvalue weighted by Crippen LogP contribution is -2.34. The smallest absolute Gasteiger partial charge is 0.273 e. The van der Waals surface area contributed by atoms with Crippen molar-refractivity contribution >= 4 is 17.1 Å². The van der Waals surface area contributed by atoms with Gasteiger partial charge in [0.05, 0.1) is 10.6 Å². The molecule has 2 atom stereocenters. The van der Waals surface area contributed by atoms with Crippen molar-refractivity contribution in [2.24, 2.45) is 11.8 Å². The number of aliphatic hydroxyl groups excluding tert-OH is 1. The fourth-order valence-electron chi connectivity index (χ4n) is 2.71. The van der Waals surface area contributed by atoms with E-state index in [1.54, 1.807) is 6.07 Å². The van der Waals surface area contributed by atoms with Crippen molar-refractivity contribution in [3.63, 3.8) is 0 Å². The topological polar surface area (TPSA) is 113 Å². The molecule has 1 aliphatic rings. The molecule has 110 valence electrons. The van der Waals surface area contributed by atoms with Gasteiger partial charge < -0.3 is 15.8 Å². The zero-order valence-corrected chi connectivity index (χ0v) is 11.2. The van der Waals surface area contributed by atoms with Gasteiger partial charge in [-0.15, -0.1) is 0 Å². The lowest BCUT2D eigenvalue weighted by molar-refractivity contribution is -0.384. The predicted octanol–water partition coefficient (Wildman–Crippen LogP) is 1.84. The van der Waals surface area contributed by atoms with Crippen LogP contribution in [-0.2, 0) is 0 Å². The summed E-state index contributed by atoms with van der Waals surface area (Å²) in [6, 6.07) is 4.75. The Kier molecular flexibility index (Phi) is 4.75. The van der Waals surface area contributed by atoms with Gasteiger partial charge in [0.15, 0.2) is 0 Å². The third-order valence-corrected chi connectivity index (χ3v) is 3.79. The Hall–Kier alpha value is -1.86. The van der Waals surface area contributed by atoms with Crippen molar-refractivity contribution < 1.29 is 10.0 Å². The van der Waals surface area contributed by atoms with Crippen molar-refractivity contribution in [3.05, 3.63) is 28.3 Å². The minimum absolute atomic E-state index is 0.0145. The number of hydrogen-bond donors (Lipinski definition) is 4. The Bertz CT molecular complexity index is 481. The van der Waals surface area contributed by atoms with Gasteiger partial charge in [-0.25, -0.2) is 0 Å². The predicted molar refractivity (Wildman–Crippen MR) is 77.4 cm³/mol. The number of non-ortho nitro benzene ring substituents is 1. The van der Waals surface area contributed by atoms with Crippen LogP contribution < -0.4 is 16.6 Å². The first-order valence-corrected chi connectivity index (χ1v) is 6.77. The van der Waals surface area contributed by atoms with Crippen LogP contribution in [0.1, 0.15) is 25.7 Å². The summed E-state index contributed by atoms with van der Waals surface area (Å²) in [7, 11) is 0. The maximum absolute atomic E-state index is 10.9. The van der Waals surface area contributed by atoms with Crippen LogP contribution >= 0.6 is 0 Å². The summed E-state index contributed by atoms with van der Waals surface area (Å²) in [4.78, 5) is 10.5. The van der Waals surface area contributed by atoms with Crippen molar-refractivity contribution in [1.82, 2.24) is 0 Å². The van der Waals surface area contributed by atoms with Crippen molar-refractivity contribution in [3.8, 4) is 0 Å². The van der Waals surface area contributed by atoms with Crippen LogP contribution in [0.25, 0.3) is 0 Å². The molecule has 0 amide bonds. The minimum atomic E-state index is -0.448. The normalized spacial score (nSPS) is 22.3. The highest BCUT2D eigenvalue weighted by atomic mass is 16.6. The molecule has 0 radical (unpaired) electrons. The van der Waals surface area contributed by atoms with E-state index in [-0.39, 0.29) is 24.3 Å². The average Bonchev–Trinajstić information content (AvgIpc) is 2.47. The summed E-state index contributed by atoms with van der Waals surface area (Å²) in [6.07, 6.45) is 4.16. The van der Waals surface area contributed by atoms with E-state index in [1.807, 2.05) is 0 Å². The molecular weight excluding hydrogens is 260 g/mol. The zero-order chi connectivity index (χ0) is 14.5. The number of anilines is 2. The highest BCUT2D eigenvalue weighted by molar-refractivity contribution is 5.63. The standard InChI is InChI=1S/C13H20N4O3/c14-16-11-5-10(6-12(7-11)17(19)20)15-13-4-2-1-3-9(13)8-18/h5-7,9,13,15-16,18H,1-4,8,14H2. The molecule has 1 saturated carbocycles. The Morgan fingerprint density at radius 3 is 2.65 bits per heavy atom. The molecule has 5 N–H and O–H groups in total. The highest BCUT2D eigenvalue weighted by Gasteiger charge is 2.24. The summed E-state index contributed by atoms with van der Waals surface area (Å²) in [5, 5.41) is 23.6. The third-order valence-electron chi connectivity index (χ3n) is 3.79. The molecule has 0 aromatic heterocycles.